The highest BCUT2D eigenvalue weighted by molar-refractivity contribution is 9.10. The molecule has 0 rings (SSSR count). The second kappa shape index (κ2) is 3.13. The smallest absolute Gasteiger partial charge is 0.146 e. The van der Waals surface area contributed by atoms with Crippen LogP contribution in [0.5, 0.6) is 0 Å². The highest BCUT2D eigenvalue weighted by Gasteiger charge is 2.06. The van der Waals surface area contributed by atoms with Crippen molar-refractivity contribution in [1.29, 1.82) is 0 Å². The third-order valence-corrected chi connectivity index (χ3v) is 1.47. The zero-order valence-corrected chi connectivity index (χ0v) is 5.53. The summed E-state index contributed by atoms with van der Waals surface area (Å²) in [5.74, 6) is -0.164. The predicted octanol–water partition coefficient (Wildman–Crippen LogP) is 1.31. The van der Waals surface area contributed by atoms with Gasteiger partial charge < -0.3 is 0 Å². The fourth-order valence-corrected chi connectivity index (χ4v) is 0.109. The minimum absolute atomic E-state index is 0.164. The Morgan fingerprint density at radius 2 is 2.43 bits per heavy atom. The number of hydrogen-bond donors (Lipinski definition) is 0. The van der Waals surface area contributed by atoms with Crippen molar-refractivity contribution in [2.24, 2.45) is 0 Å². The largest absolute Gasteiger partial charge is 0.299 e. The van der Waals surface area contributed by atoms with E-state index < -0.39 is 11.5 Å². The topological polar surface area (TPSA) is 17.1 Å². The Hall–Kier alpha value is 0.0800. The normalized spacial score (nSPS) is 13.6. The monoisotopic (exact) mass is 168 g/mol. The number of alkyl halides is 2. The SMILES string of the molecule is CC(=O)C(Br)CF. The lowest BCUT2D eigenvalue weighted by Crippen LogP contribution is -2.10. The number of carbonyl (C=O) groups excluding carboxylic acids is 1. The van der Waals surface area contributed by atoms with Crippen LogP contribution in [0.3, 0.4) is 0 Å². The first-order valence-electron chi connectivity index (χ1n) is 1.89. The molecule has 0 aromatic carbocycles. The summed E-state index contributed by atoms with van der Waals surface area (Å²) in [6.07, 6.45) is 0. The van der Waals surface area contributed by atoms with Crippen LogP contribution in [0, 0.1) is 0 Å². The minimum Gasteiger partial charge on any atom is -0.299 e. The van der Waals surface area contributed by atoms with E-state index in [4.69, 9.17) is 0 Å². The number of Topliss-reactive ketones (excluding diaryl/α,β-unsaturated/α-hetero) is 1. The van der Waals surface area contributed by atoms with Gasteiger partial charge in [-0.1, -0.05) is 15.9 Å². The average molecular weight is 169 g/mol. The van der Waals surface area contributed by atoms with Gasteiger partial charge in [0.1, 0.15) is 17.3 Å². The second-order valence-electron chi connectivity index (χ2n) is 1.23. The number of ketones is 1. The van der Waals surface area contributed by atoms with Gasteiger partial charge in [-0.2, -0.15) is 0 Å². The quantitative estimate of drug-likeness (QED) is 0.569. The van der Waals surface area contributed by atoms with Gasteiger partial charge in [-0.3, -0.25) is 4.79 Å². The van der Waals surface area contributed by atoms with Gasteiger partial charge in [-0.25, -0.2) is 4.39 Å². The van der Waals surface area contributed by atoms with Crippen LogP contribution < -0.4 is 0 Å². The number of rotatable bonds is 2. The highest BCUT2D eigenvalue weighted by atomic mass is 79.9. The molecule has 0 amide bonds. The van der Waals surface area contributed by atoms with Crippen molar-refractivity contribution in [3.63, 3.8) is 0 Å². The summed E-state index contributed by atoms with van der Waals surface area (Å²) in [6, 6.07) is 0. The molecule has 0 fully saturated rings. The zero-order valence-electron chi connectivity index (χ0n) is 3.95. The van der Waals surface area contributed by atoms with Gasteiger partial charge in [0.25, 0.3) is 0 Å². The van der Waals surface area contributed by atoms with Gasteiger partial charge in [0, 0.05) is 0 Å². The fraction of sp³-hybridized carbons (Fsp3) is 0.750. The molecular formula is C4H6BrFO. The van der Waals surface area contributed by atoms with Crippen molar-refractivity contribution >= 4 is 21.7 Å². The molecule has 1 atom stereocenters. The van der Waals surface area contributed by atoms with Crippen LogP contribution in [0.1, 0.15) is 6.92 Å². The third-order valence-electron chi connectivity index (χ3n) is 0.577. The number of halogens is 2. The summed E-state index contributed by atoms with van der Waals surface area (Å²) in [6.45, 7) is 0.730. The number of carbonyl (C=O) groups is 1. The molecule has 7 heavy (non-hydrogen) atoms. The van der Waals surface area contributed by atoms with Crippen molar-refractivity contribution in [2.75, 3.05) is 6.67 Å². The summed E-state index contributed by atoms with van der Waals surface area (Å²) < 4.78 is 11.4. The van der Waals surface area contributed by atoms with Gasteiger partial charge in [-0.15, -0.1) is 0 Å². The molecule has 0 N–H and O–H groups in total. The summed E-state index contributed by atoms with van der Waals surface area (Å²) >= 11 is 2.82. The summed E-state index contributed by atoms with van der Waals surface area (Å²) in [4.78, 5) is 9.50. The molecule has 0 bridgehead atoms. The Bertz CT molecular complexity index is 74.1. The van der Waals surface area contributed by atoms with Crippen LogP contribution >= 0.6 is 15.9 Å². The van der Waals surface area contributed by atoms with Crippen molar-refractivity contribution in [1.82, 2.24) is 0 Å². The first kappa shape index (κ1) is 7.08. The molecule has 0 radical (unpaired) electrons. The Kier molecular flexibility index (Phi) is 3.17. The zero-order chi connectivity index (χ0) is 5.86. The maximum atomic E-state index is 11.4. The molecule has 0 spiro atoms. The lowest BCUT2D eigenvalue weighted by Gasteiger charge is -1.93. The minimum atomic E-state index is -0.616. The van der Waals surface area contributed by atoms with E-state index >= 15 is 0 Å². The maximum absolute atomic E-state index is 11.4. The molecule has 0 aliphatic rings. The van der Waals surface area contributed by atoms with E-state index in [0.717, 1.165) is 0 Å². The molecule has 0 aliphatic heterocycles. The van der Waals surface area contributed by atoms with Crippen LogP contribution in [0.4, 0.5) is 4.39 Å². The van der Waals surface area contributed by atoms with Gasteiger partial charge in [0.2, 0.25) is 0 Å². The van der Waals surface area contributed by atoms with Gasteiger partial charge in [-0.05, 0) is 6.92 Å². The van der Waals surface area contributed by atoms with Crippen LogP contribution in [-0.2, 0) is 4.79 Å². The average Bonchev–Trinajstić information content (AvgIpc) is 1.65. The van der Waals surface area contributed by atoms with Crippen molar-refractivity contribution in [3.05, 3.63) is 0 Å². The molecule has 0 aromatic heterocycles. The van der Waals surface area contributed by atoms with Crippen LogP contribution in [0.25, 0.3) is 0 Å². The van der Waals surface area contributed by atoms with E-state index in [1.165, 1.54) is 6.92 Å². The summed E-state index contributed by atoms with van der Waals surface area (Å²) in [5.41, 5.74) is 0. The van der Waals surface area contributed by atoms with E-state index in [0.29, 0.717) is 0 Å². The van der Waals surface area contributed by atoms with E-state index in [2.05, 4.69) is 15.9 Å². The molecule has 0 saturated heterocycles. The summed E-state index contributed by atoms with van der Waals surface area (Å²) in [7, 11) is 0. The fourth-order valence-electron chi connectivity index (χ4n) is 0.109. The lowest BCUT2D eigenvalue weighted by molar-refractivity contribution is -0.116. The number of hydrogen-bond acceptors (Lipinski definition) is 1. The third kappa shape index (κ3) is 2.74. The van der Waals surface area contributed by atoms with Crippen molar-refractivity contribution in [2.45, 2.75) is 11.8 Å². The molecule has 1 nitrogen and oxygen atoms in total. The highest BCUT2D eigenvalue weighted by Crippen LogP contribution is 1.99. The molecule has 42 valence electrons. The van der Waals surface area contributed by atoms with Crippen molar-refractivity contribution in [3.8, 4) is 0 Å². The summed E-state index contributed by atoms with van der Waals surface area (Å²) in [5, 5.41) is 0. The van der Waals surface area contributed by atoms with Crippen LogP contribution in [0.2, 0.25) is 0 Å². The van der Waals surface area contributed by atoms with Gasteiger partial charge in [0.15, 0.2) is 0 Å². The van der Waals surface area contributed by atoms with Gasteiger partial charge in [0.05, 0.1) is 0 Å². The van der Waals surface area contributed by atoms with E-state index in [-0.39, 0.29) is 5.78 Å². The maximum Gasteiger partial charge on any atom is 0.146 e. The van der Waals surface area contributed by atoms with E-state index in [9.17, 15) is 9.18 Å². The Labute approximate surface area is 50.0 Å². The Morgan fingerprint density at radius 1 is 2.00 bits per heavy atom. The molecule has 0 aliphatic carbocycles. The molecule has 3 heteroatoms. The molecular weight excluding hydrogens is 163 g/mol. The van der Waals surface area contributed by atoms with E-state index in [1.807, 2.05) is 0 Å². The molecule has 1 unspecified atom stereocenters. The first-order valence-corrected chi connectivity index (χ1v) is 2.80. The lowest BCUT2D eigenvalue weighted by atomic mass is 10.3. The molecule has 0 aromatic rings. The Balaban J connectivity index is 3.34. The molecule has 0 heterocycles. The van der Waals surface area contributed by atoms with Crippen LogP contribution in [-0.4, -0.2) is 17.3 Å². The Morgan fingerprint density at radius 3 is 2.43 bits per heavy atom. The van der Waals surface area contributed by atoms with Crippen LogP contribution in [0.15, 0.2) is 0 Å². The predicted molar refractivity (Wildman–Crippen MR) is 29.4 cm³/mol. The van der Waals surface area contributed by atoms with E-state index in [1.54, 1.807) is 0 Å². The van der Waals surface area contributed by atoms with Gasteiger partial charge >= 0.3 is 0 Å². The second-order valence-corrected chi connectivity index (χ2v) is 2.34. The van der Waals surface area contributed by atoms with Crippen molar-refractivity contribution < 1.29 is 9.18 Å². The molecule has 0 saturated carbocycles. The standard InChI is InChI=1S/C4H6BrFO/c1-3(7)4(5)2-6/h4H,2H2,1H3. The first-order chi connectivity index (χ1) is 3.18.